The van der Waals surface area contributed by atoms with E-state index < -0.39 is 0 Å². The Labute approximate surface area is 122 Å². The number of benzene rings is 2. The summed E-state index contributed by atoms with van der Waals surface area (Å²) in [5.74, 6) is 0.866. The molecule has 0 spiro atoms. The maximum Gasteiger partial charge on any atom is 0.0827 e. The molecule has 0 heterocycles. The Bertz CT molecular complexity index is 579. The molecule has 0 bridgehead atoms. The van der Waals surface area contributed by atoms with Gasteiger partial charge in [0, 0.05) is 4.47 Å². The van der Waals surface area contributed by atoms with Crippen LogP contribution in [0.25, 0.3) is 0 Å². The third-order valence-electron chi connectivity index (χ3n) is 4.10. The van der Waals surface area contributed by atoms with Gasteiger partial charge in [-0.1, -0.05) is 58.4 Å². The van der Waals surface area contributed by atoms with Gasteiger partial charge < -0.3 is 5.11 Å². The fourth-order valence-corrected chi connectivity index (χ4v) is 3.20. The zero-order valence-corrected chi connectivity index (χ0v) is 12.5. The SMILES string of the molecule is Cc1c(Br)cccc1C(O)C1CC1c1ccccc1. The van der Waals surface area contributed by atoms with E-state index in [9.17, 15) is 5.11 Å². The first-order valence-electron chi connectivity index (χ1n) is 6.66. The van der Waals surface area contributed by atoms with Crippen molar-refractivity contribution in [3.05, 3.63) is 69.7 Å². The average molecular weight is 317 g/mol. The molecule has 3 rings (SSSR count). The molecule has 3 atom stereocenters. The van der Waals surface area contributed by atoms with Crippen LogP contribution in [-0.4, -0.2) is 5.11 Å². The van der Waals surface area contributed by atoms with Crippen molar-refractivity contribution in [3.8, 4) is 0 Å². The van der Waals surface area contributed by atoms with Crippen molar-refractivity contribution < 1.29 is 5.11 Å². The van der Waals surface area contributed by atoms with Gasteiger partial charge in [0.05, 0.1) is 6.10 Å². The van der Waals surface area contributed by atoms with E-state index >= 15 is 0 Å². The molecule has 2 aromatic rings. The maximum absolute atomic E-state index is 10.6. The Morgan fingerprint density at radius 3 is 2.58 bits per heavy atom. The maximum atomic E-state index is 10.6. The zero-order valence-electron chi connectivity index (χ0n) is 10.9. The van der Waals surface area contributed by atoms with Crippen LogP contribution in [0.3, 0.4) is 0 Å². The number of halogens is 1. The van der Waals surface area contributed by atoms with E-state index in [-0.39, 0.29) is 6.10 Å². The molecule has 19 heavy (non-hydrogen) atoms. The lowest BCUT2D eigenvalue weighted by Crippen LogP contribution is -2.04. The summed E-state index contributed by atoms with van der Waals surface area (Å²) in [5.41, 5.74) is 3.55. The number of hydrogen-bond acceptors (Lipinski definition) is 1. The van der Waals surface area contributed by atoms with Crippen molar-refractivity contribution in [2.45, 2.75) is 25.4 Å². The fourth-order valence-electron chi connectivity index (χ4n) is 2.82. The lowest BCUT2D eigenvalue weighted by atomic mass is 9.98. The highest BCUT2D eigenvalue weighted by Gasteiger charge is 2.44. The molecule has 0 saturated heterocycles. The third-order valence-corrected chi connectivity index (χ3v) is 4.96. The predicted molar refractivity (Wildman–Crippen MR) is 81.1 cm³/mol. The summed E-state index contributed by atoms with van der Waals surface area (Å²) in [6.45, 7) is 2.06. The van der Waals surface area contributed by atoms with Crippen LogP contribution in [0.4, 0.5) is 0 Å². The van der Waals surface area contributed by atoms with Crippen LogP contribution in [0.15, 0.2) is 53.0 Å². The first-order valence-corrected chi connectivity index (χ1v) is 7.46. The van der Waals surface area contributed by atoms with E-state index in [2.05, 4.69) is 47.1 Å². The average Bonchev–Trinajstić information content (AvgIpc) is 3.22. The summed E-state index contributed by atoms with van der Waals surface area (Å²) in [7, 11) is 0. The van der Waals surface area contributed by atoms with E-state index in [0.29, 0.717) is 11.8 Å². The van der Waals surface area contributed by atoms with Crippen molar-refractivity contribution in [1.29, 1.82) is 0 Å². The van der Waals surface area contributed by atoms with Gasteiger partial charge in [0.25, 0.3) is 0 Å². The minimum atomic E-state index is -0.359. The van der Waals surface area contributed by atoms with Crippen LogP contribution in [-0.2, 0) is 0 Å². The van der Waals surface area contributed by atoms with Gasteiger partial charge in [0.1, 0.15) is 0 Å². The Kier molecular flexibility index (Phi) is 3.46. The lowest BCUT2D eigenvalue weighted by molar-refractivity contribution is 0.150. The monoisotopic (exact) mass is 316 g/mol. The molecule has 2 heteroatoms. The van der Waals surface area contributed by atoms with Crippen molar-refractivity contribution in [3.63, 3.8) is 0 Å². The van der Waals surface area contributed by atoms with Gasteiger partial charge in [-0.2, -0.15) is 0 Å². The number of aliphatic hydroxyl groups is 1. The molecule has 1 fully saturated rings. The third kappa shape index (κ3) is 2.47. The van der Waals surface area contributed by atoms with Gasteiger partial charge in [-0.05, 0) is 47.9 Å². The number of rotatable bonds is 3. The van der Waals surface area contributed by atoms with E-state index in [1.807, 2.05) is 24.3 Å². The van der Waals surface area contributed by atoms with E-state index in [4.69, 9.17) is 0 Å². The highest BCUT2D eigenvalue weighted by atomic mass is 79.9. The second-order valence-corrected chi connectivity index (χ2v) is 6.17. The van der Waals surface area contributed by atoms with Gasteiger partial charge >= 0.3 is 0 Å². The molecule has 0 radical (unpaired) electrons. The van der Waals surface area contributed by atoms with Crippen molar-refractivity contribution in [2.24, 2.45) is 5.92 Å². The van der Waals surface area contributed by atoms with Crippen LogP contribution in [0.5, 0.6) is 0 Å². The summed E-state index contributed by atoms with van der Waals surface area (Å²) < 4.78 is 1.07. The van der Waals surface area contributed by atoms with Crippen molar-refractivity contribution in [2.75, 3.05) is 0 Å². The van der Waals surface area contributed by atoms with Gasteiger partial charge in [-0.15, -0.1) is 0 Å². The topological polar surface area (TPSA) is 20.2 Å². The highest BCUT2D eigenvalue weighted by molar-refractivity contribution is 9.10. The Balaban J connectivity index is 1.80. The molecule has 1 N–H and O–H groups in total. The quantitative estimate of drug-likeness (QED) is 0.877. The minimum Gasteiger partial charge on any atom is -0.388 e. The van der Waals surface area contributed by atoms with Crippen LogP contribution < -0.4 is 0 Å². The van der Waals surface area contributed by atoms with E-state index in [1.165, 1.54) is 5.56 Å². The zero-order chi connectivity index (χ0) is 13.4. The second kappa shape index (κ2) is 5.10. The van der Waals surface area contributed by atoms with Gasteiger partial charge in [-0.25, -0.2) is 0 Å². The Morgan fingerprint density at radius 2 is 1.84 bits per heavy atom. The van der Waals surface area contributed by atoms with E-state index in [0.717, 1.165) is 22.0 Å². The minimum absolute atomic E-state index is 0.357. The molecular weight excluding hydrogens is 300 g/mol. The molecule has 0 aliphatic heterocycles. The summed E-state index contributed by atoms with van der Waals surface area (Å²) in [6, 6.07) is 16.5. The largest absolute Gasteiger partial charge is 0.388 e. The van der Waals surface area contributed by atoms with Crippen LogP contribution in [0.1, 0.15) is 35.1 Å². The first-order chi connectivity index (χ1) is 9.18. The summed E-state index contributed by atoms with van der Waals surface area (Å²) in [5, 5.41) is 10.6. The highest BCUT2D eigenvalue weighted by Crippen LogP contribution is 2.54. The molecule has 1 aliphatic carbocycles. The summed E-state index contributed by atoms with van der Waals surface area (Å²) in [4.78, 5) is 0. The fraction of sp³-hybridized carbons (Fsp3) is 0.294. The molecule has 3 unspecified atom stereocenters. The number of aliphatic hydroxyl groups excluding tert-OH is 1. The molecular formula is C17H17BrO. The number of hydrogen-bond donors (Lipinski definition) is 1. The molecule has 0 amide bonds. The molecule has 1 nitrogen and oxygen atoms in total. The smallest absolute Gasteiger partial charge is 0.0827 e. The Morgan fingerprint density at radius 1 is 1.11 bits per heavy atom. The summed E-state index contributed by atoms with van der Waals surface area (Å²) >= 11 is 3.53. The molecule has 1 aliphatic rings. The van der Waals surface area contributed by atoms with Crippen LogP contribution in [0, 0.1) is 12.8 Å². The molecule has 1 saturated carbocycles. The van der Waals surface area contributed by atoms with Gasteiger partial charge in [-0.3, -0.25) is 0 Å². The first kappa shape index (κ1) is 12.9. The molecule has 0 aromatic heterocycles. The predicted octanol–water partition coefficient (Wildman–Crippen LogP) is 4.59. The van der Waals surface area contributed by atoms with Gasteiger partial charge in [0.15, 0.2) is 0 Å². The standard InChI is InChI=1S/C17H17BrO/c1-11-13(8-5-9-16(11)18)17(19)15-10-14(15)12-6-3-2-4-7-12/h2-9,14-15,17,19H,10H2,1H3. The molecule has 2 aromatic carbocycles. The summed E-state index contributed by atoms with van der Waals surface area (Å²) in [6.07, 6.45) is 0.722. The lowest BCUT2D eigenvalue weighted by Gasteiger charge is -2.15. The Hall–Kier alpha value is -1.12. The van der Waals surface area contributed by atoms with Crippen LogP contribution in [0.2, 0.25) is 0 Å². The van der Waals surface area contributed by atoms with Crippen molar-refractivity contribution >= 4 is 15.9 Å². The second-order valence-electron chi connectivity index (χ2n) is 5.32. The molecule has 98 valence electrons. The van der Waals surface area contributed by atoms with E-state index in [1.54, 1.807) is 0 Å². The normalized spacial score (nSPS) is 23.1. The van der Waals surface area contributed by atoms with Crippen LogP contribution >= 0.6 is 15.9 Å². The van der Waals surface area contributed by atoms with Gasteiger partial charge in [0.2, 0.25) is 0 Å². The van der Waals surface area contributed by atoms with Crippen molar-refractivity contribution in [1.82, 2.24) is 0 Å².